The number of hydrogen-bond donors (Lipinski definition) is 1. The predicted molar refractivity (Wildman–Crippen MR) is 83.4 cm³/mol. The van der Waals surface area contributed by atoms with Crippen LogP contribution in [0.5, 0.6) is 0 Å². The van der Waals surface area contributed by atoms with E-state index >= 15 is 0 Å². The number of fused-ring (bicyclic) bond motifs is 1. The topological polar surface area (TPSA) is 76.9 Å². The van der Waals surface area contributed by atoms with Gasteiger partial charge in [-0.25, -0.2) is 13.5 Å². The van der Waals surface area contributed by atoms with Gasteiger partial charge < -0.3 is 5.32 Å². The largest absolute Gasteiger partial charge is 0.326 e. The summed E-state index contributed by atoms with van der Waals surface area (Å²) < 4.78 is 27.0. The Morgan fingerprint density at radius 2 is 1.92 bits per heavy atom. The molecule has 1 heterocycles. The second-order valence-corrected chi connectivity index (χ2v) is 5.06. The van der Waals surface area contributed by atoms with Gasteiger partial charge in [0.15, 0.2) is 11.6 Å². The molecule has 8 heteroatoms. The fraction of sp³-hybridized carbons (Fsp3) is 0.125. The molecule has 1 amide bonds. The van der Waals surface area contributed by atoms with Gasteiger partial charge in [-0.15, -0.1) is 5.10 Å². The summed E-state index contributed by atoms with van der Waals surface area (Å²) in [6.07, 6.45) is -0.0636. The molecule has 3 rings (SSSR count). The highest BCUT2D eigenvalue weighted by Gasteiger charge is 2.09. The van der Waals surface area contributed by atoms with Gasteiger partial charge in [0.1, 0.15) is 5.52 Å². The van der Waals surface area contributed by atoms with E-state index in [1.165, 1.54) is 6.07 Å². The predicted octanol–water partition coefficient (Wildman–Crippen LogP) is 2.10. The number of aromatic nitrogens is 3. The molecular formula is C16H12F2N4O2. The number of hydrogen-bond acceptors (Lipinski definition) is 4. The van der Waals surface area contributed by atoms with Crippen LogP contribution in [0.25, 0.3) is 10.9 Å². The maximum absolute atomic E-state index is 13.1. The molecule has 0 bridgehead atoms. The molecule has 1 aromatic heterocycles. The number of anilines is 1. The van der Waals surface area contributed by atoms with E-state index in [0.29, 0.717) is 10.9 Å². The van der Waals surface area contributed by atoms with Gasteiger partial charge in [-0.2, -0.15) is 0 Å². The third kappa shape index (κ3) is 3.27. The van der Waals surface area contributed by atoms with Crippen molar-refractivity contribution in [2.24, 2.45) is 0 Å². The fourth-order valence-electron chi connectivity index (χ4n) is 2.17. The summed E-state index contributed by atoms with van der Waals surface area (Å²) in [6.45, 7) is 0.0200. The van der Waals surface area contributed by atoms with Crippen molar-refractivity contribution in [2.75, 3.05) is 5.32 Å². The highest BCUT2D eigenvalue weighted by molar-refractivity contribution is 5.90. The number of carbonyl (C=O) groups excluding carboxylic acids is 1. The summed E-state index contributed by atoms with van der Waals surface area (Å²) in [6, 6.07) is 9.81. The normalized spacial score (nSPS) is 10.8. The van der Waals surface area contributed by atoms with E-state index in [0.717, 1.165) is 16.8 Å². The van der Waals surface area contributed by atoms with Crippen LogP contribution in [-0.4, -0.2) is 20.9 Å². The zero-order chi connectivity index (χ0) is 17.1. The van der Waals surface area contributed by atoms with Gasteiger partial charge in [0, 0.05) is 18.2 Å². The third-order valence-corrected chi connectivity index (χ3v) is 3.38. The van der Waals surface area contributed by atoms with Crippen molar-refractivity contribution in [3.63, 3.8) is 0 Å². The van der Waals surface area contributed by atoms with E-state index in [1.807, 2.05) is 0 Å². The van der Waals surface area contributed by atoms with Gasteiger partial charge in [0.25, 0.3) is 5.56 Å². The number of aryl methyl sites for hydroxylation is 1. The van der Waals surface area contributed by atoms with Crippen LogP contribution in [0, 0.1) is 11.6 Å². The van der Waals surface area contributed by atoms with Crippen molar-refractivity contribution >= 4 is 22.5 Å². The Kier molecular flexibility index (Phi) is 4.28. The van der Waals surface area contributed by atoms with Crippen LogP contribution < -0.4 is 10.9 Å². The standard InChI is InChI=1S/C16H12F2N4O2/c17-12-6-5-10(9-13(12)18)19-15(23)7-8-22-16(24)11-3-1-2-4-14(11)20-21-22/h1-6,9H,7-8H2,(H,19,23). The van der Waals surface area contributed by atoms with E-state index < -0.39 is 17.5 Å². The van der Waals surface area contributed by atoms with Crippen molar-refractivity contribution in [3.8, 4) is 0 Å². The van der Waals surface area contributed by atoms with Crippen LogP contribution in [0.4, 0.5) is 14.5 Å². The van der Waals surface area contributed by atoms with Gasteiger partial charge in [-0.1, -0.05) is 17.3 Å². The van der Waals surface area contributed by atoms with E-state index in [4.69, 9.17) is 0 Å². The molecular weight excluding hydrogens is 318 g/mol. The van der Waals surface area contributed by atoms with Crippen LogP contribution in [-0.2, 0) is 11.3 Å². The van der Waals surface area contributed by atoms with Crippen LogP contribution in [0.3, 0.4) is 0 Å². The molecule has 2 aromatic carbocycles. The zero-order valence-corrected chi connectivity index (χ0v) is 12.4. The minimum absolute atomic E-state index is 0.0200. The van der Waals surface area contributed by atoms with Gasteiger partial charge >= 0.3 is 0 Å². The molecule has 0 saturated carbocycles. The van der Waals surface area contributed by atoms with Crippen molar-refractivity contribution in [3.05, 3.63) is 64.5 Å². The lowest BCUT2D eigenvalue weighted by molar-refractivity contribution is -0.116. The number of nitrogens with one attached hydrogen (secondary N) is 1. The first-order valence-electron chi connectivity index (χ1n) is 7.12. The SMILES string of the molecule is O=C(CCn1nnc2ccccc2c1=O)Nc1ccc(F)c(F)c1. The molecule has 1 N–H and O–H groups in total. The average molecular weight is 330 g/mol. The zero-order valence-electron chi connectivity index (χ0n) is 12.4. The number of carbonyl (C=O) groups is 1. The smallest absolute Gasteiger partial charge is 0.277 e. The molecule has 0 spiro atoms. The maximum Gasteiger partial charge on any atom is 0.277 e. The first-order valence-corrected chi connectivity index (χ1v) is 7.12. The van der Waals surface area contributed by atoms with E-state index in [9.17, 15) is 18.4 Å². The van der Waals surface area contributed by atoms with E-state index in [-0.39, 0.29) is 24.2 Å². The molecule has 24 heavy (non-hydrogen) atoms. The Bertz CT molecular complexity index is 972. The minimum atomic E-state index is -1.05. The van der Waals surface area contributed by atoms with Crippen LogP contribution in [0.1, 0.15) is 6.42 Å². The van der Waals surface area contributed by atoms with Crippen LogP contribution >= 0.6 is 0 Å². The molecule has 0 fully saturated rings. The maximum atomic E-state index is 13.1. The molecule has 0 aliphatic rings. The number of nitrogens with zero attached hydrogens (tertiary/aromatic N) is 3. The number of halogens is 2. The number of amides is 1. The van der Waals surface area contributed by atoms with Crippen molar-refractivity contribution < 1.29 is 13.6 Å². The molecule has 122 valence electrons. The molecule has 0 unspecified atom stereocenters. The Morgan fingerprint density at radius 3 is 2.71 bits per heavy atom. The summed E-state index contributed by atoms with van der Waals surface area (Å²) in [5.41, 5.74) is 0.266. The quantitative estimate of drug-likeness (QED) is 0.795. The second-order valence-electron chi connectivity index (χ2n) is 5.06. The Morgan fingerprint density at radius 1 is 1.12 bits per heavy atom. The van der Waals surface area contributed by atoms with Crippen LogP contribution in [0.2, 0.25) is 0 Å². The number of rotatable bonds is 4. The van der Waals surface area contributed by atoms with Gasteiger partial charge in [0.05, 0.1) is 11.9 Å². The molecule has 0 saturated heterocycles. The highest BCUT2D eigenvalue weighted by atomic mass is 19.2. The molecule has 0 radical (unpaired) electrons. The van der Waals surface area contributed by atoms with Crippen LogP contribution in [0.15, 0.2) is 47.3 Å². The summed E-state index contributed by atoms with van der Waals surface area (Å²) >= 11 is 0. The highest BCUT2D eigenvalue weighted by Crippen LogP contribution is 2.13. The van der Waals surface area contributed by atoms with Crippen molar-refractivity contribution in [1.29, 1.82) is 0 Å². The first-order chi connectivity index (χ1) is 11.5. The number of benzene rings is 2. The van der Waals surface area contributed by atoms with Gasteiger partial charge in [-0.3, -0.25) is 9.59 Å². The Labute approximate surface area is 134 Å². The molecule has 6 nitrogen and oxygen atoms in total. The lowest BCUT2D eigenvalue weighted by Gasteiger charge is -2.07. The van der Waals surface area contributed by atoms with E-state index in [2.05, 4.69) is 15.6 Å². The summed E-state index contributed by atoms with van der Waals surface area (Å²) in [5, 5.41) is 10.5. The lowest BCUT2D eigenvalue weighted by atomic mass is 10.2. The molecule has 0 aliphatic carbocycles. The first kappa shape index (κ1) is 15.7. The minimum Gasteiger partial charge on any atom is -0.326 e. The monoisotopic (exact) mass is 330 g/mol. The Balaban J connectivity index is 1.69. The fourth-order valence-corrected chi connectivity index (χ4v) is 2.17. The molecule has 0 atom stereocenters. The summed E-state index contributed by atoms with van der Waals surface area (Å²) in [7, 11) is 0. The summed E-state index contributed by atoms with van der Waals surface area (Å²) in [5.74, 6) is -2.50. The Hall–Kier alpha value is -3.16. The van der Waals surface area contributed by atoms with Gasteiger partial charge in [-0.05, 0) is 24.3 Å². The molecule has 3 aromatic rings. The average Bonchev–Trinajstić information content (AvgIpc) is 2.58. The lowest BCUT2D eigenvalue weighted by Crippen LogP contribution is -2.26. The van der Waals surface area contributed by atoms with Crippen molar-refractivity contribution in [2.45, 2.75) is 13.0 Å². The molecule has 0 aliphatic heterocycles. The third-order valence-electron chi connectivity index (χ3n) is 3.38. The van der Waals surface area contributed by atoms with E-state index in [1.54, 1.807) is 24.3 Å². The summed E-state index contributed by atoms with van der Waals surface area (Å²) in [4.78, 5) is 24.1. The van der Waals surface area contributed by atoms with Gasteiger partial charge in [0.2, 0.25) is 5.91 Å². The second kappa shape index (κ2) is 6.53. The van der Waals surface area contributed by atoms with Crippen molar-refractivity contribution in [1.82, 2.24) is 15.0 Å².